The maximum absolute atomic E-state index is 12.8. The maximum atomic E-state index is 12.8. The maximum Gasteiger partial charge on any atom is 0.269 e. The third-order valence-corrected chi connectivity index (χ3v) is 5.03. The Morgan fingerprint density at radius 3 is 2.78 bits per heavy atom. The van der Waals surface area contributed by atoms with Gasteiger partial charge in [-0.3, -0.25) is 9.78 Å². The average molecular weight is 421 g/mol. The number of halogens is 4. The number of hydrogen-bond donors (Lipinski definition) is 0. The highest BCUT2D eigenvalue weighted by molar-refractivity contribution is 7.99. The van der Waals surface area contributed by atoms with E-state index in [1.165, 1.54) is 16.7 Å². The standard InChI is InChI=1S/C17H20ClF3N4OS/c1-2-24(15(26)6-9-27-8-5-13(19)17(20)21)14-11-25(23-16(14)18)12-4-3-7-22-10-12/h3-4,7,10-11,13,17H,2,5-6,8-9H2,1H3. The van der Waals surface area contributed by atoms with Crippen molar-refractivity contribution in [1.29, 1.82) is 0 Å². The van der Waals surface area contributed by atoms with Crippen LogP contribution in [0, 0.1) is 0 Å². The van der Waals surface area contributed by atoms with Gasteiger partial charge in [0, 0.05) is 24.9 Å². The molecule has 27 heavy (non-hydrogen) atoms. The van der Waals surface area contributed by atoms with Crippen molar-refractivity contribution in [3.8, 4) is 5.69 Å². The molecule has 0 fully saturated rings. The van der Waals surface area contributed by atoms with Crippen LogP contribution in [0.25, 0.3) is 5.69 Å². The predicted molar refractivity (Wildman–Crippen MR) is 102 cm³/mol. The number of anilines is 1. The highest BCUT2D eigenvalue weighted by atomic mass is 35.5. The fourth-order valence-corrected chi connectivity index (χ4v) is 3.49. The van der Waals surface area contributed by atoms with E-state index in [2.05, 4.69) is 10.1 Å². The first-order valence-electron chi connectivity index (χ1n) is 8.40. The van der Waals surface area contributed by atoms with E-state index in [4.69, 9.17) is 11.6 Å². The summed E-state index contributed by atoms with van der Waals surface area (Å²) in [7, 11) is 0. The molecule has 0 N–H and O–H groups in total. The summed E-state index contributed by atoms with van der Waals surface area (Å²) in [5.74, 6) is 0.493. The minimum Gasteiger partial charge on any atom is -0.308 e. The van der Waals surface area contributed by atoms with Crippen LogP contribution < -0.4 is 4.90 Å². The number of aromatic nitrogens is 3. The molecule has 1 atom stereocenters. The lowest BCUT2D eigenvalue weighted by Crippen LogP contribution is -2.30. The number of pyridine rings is 1. The van der Waals surface area contributed by atoms with Crippen LogP contribution in [0.2, 0.25) is 5.15 Å². The van der Waals surface area contributed by atoms with E-state index in [0.717, 1.165) is 0 Å². The van der Waals surface area contributed by atoms with Gasteiger partial charge in [-0.15, -0.1) is 0 Å². The van der Waals surface area contributed by atoms with Crippen LogP contribution in [-0.4, -0.2) is 51.3 Å². The largest absolute Gasteiger partial charge is 0.308 e. The van der Waals surface area contributed by atoms with E-state index < -0.39 is 12.6 Å². The van der Waals surface area contributed by atoms with Crippen molar-refractivity contribution in [1.82, 2.24) is 14.8 Å². The van der Waals surface area contributed by atoms with Crippen LogP contribution in [0.4, 0.5) is 18.9 Å². The minimum atomic E-state index is -2.96. The molecule has 0 aliphatic heterocycles. The lowest BCUT2D eigenvalue weighted by atomic mass is 10.3. The van der Waals surface area contributed by atoms with Gasteiger partial charge < -0.3 is 4.90 Å². The number of carbonyl (C=O) groups is 1. The van der Waals surface area contributed by atoms with Gasteiger partial charge in [-0.25, -0.2) is 17.9 Å². The topological polar surface area (TPSA) is 51.0 Å². The predicted octanol–water partition coefficient (Wildman–Crippen LogP) is 4.39. The summed E-state index contributed by atoms with van der Waals surface area (Å²) in [5.41, 5.74) is 1.20. The number of carbonyl (C=O) groups excluding carboxylic acids is 1. The molecule has 0 aliphatic carbocycles. The molecule has 0 bridgehead atoms. The molecular formula is C17H20ClF3N4OS. The molecule has 1 unspecified atom stereocenters. The van der Waals surface area contributed by atoms with Gasteiger partial charge >= 0.3 is 0 Å². The van der Waals surface area contributed by atoms with Crippen molar-refractivity contribution in [2.45, 2.75) is 32.4 Å². The summed E-state index contributed by atoms with van der Waals surface area (Å²) < 4.78 is 38.6. The van der Waals surface area contributed by atoms with Crippen molar-refractivity contribution >= 4 is 35.0 Å². The van der Waals surface area contributed by atoms with Gasteiger partial charge in [0.05, 0.1) is 18.1 Å². The zero-order valence-corrected chi connectivity index (χ0v) is 16.3. The second kappa shape index (κ2) is 10.6. The second-order valence-electron chi connectivity index (χ2n) is 5.60. The monoisotopic (exact) mass is 420 g/mol. The van der Waals surface area contributed by atoms with Crippen molar-refractivity contribution in [2.24, 2.45) is 0 Å². The normalized spacial score (nSPS) is 12.4. The van der Waals surface area contributed by atoms with Gasteiger partial charge in [-0.1, -0.05) is 11.6 Å². The molecule has 10 heteroatoms. The van der Waals surface area contributed by atoms with Crippen molar-refractivity contribution in [2.75, 3.05) is 23.0 Å². The molecule has 0 spiro atoms. The SMILES string of the molecule is CCN(C(=O)CCSCCC(F)C(F)F)c1cn(-c2cccnc2)nc1Cl. The third-order valence-electron chi connectivity index (χ3n) is 3.74. The quantitative estimate of drug-likeness (QED) is 0.535. The molecule has 5 nitrogen and oxygen atoms in total. The molecule has 0 aliphatic rings. The molecule has 0 radical (unpaired) electrons. The molecule has 2 aromatic rings. The van der Waals surface area contributed by atoms with Gasteiger partial charge in [-0.2, -0.15) is 16.9 Å². The molecule has 1 amide bonds. The van der Waals surface area contributed by atoms with Crippen molar-refractivity contribution < 1.29 is 18.0 Å². The summed E-state index contributed by atoms with van der Waals surface area (Å²) in [6.45, 7) is 2.22. The molecule has 0 aromatic carbocycles. The smallest absolute Gasteiger partial charge is 0.269 e. The number of thioether (sulfide) groups is 1. The van der Waals surface area contributed by atoms with Crippen LogP contribution in [-0.2, 0) is 4.79 Å². The molecule has 2 heterocycles. The Morgan fingerprint density at radius 1 is 1.37 bits per heavy atom. The number of amides is 1. The van der Waals surface area contributed by atoms with Gasteiger partial charge in [-0.05, 0) is 31.2 Å². The van der Waals surface area contributed by atoms with E-state index in [-0.39, 0.29) is 29.7 Å². The van der Waals surface area contributed by atoms with E-state index in [0.29, 0.717) is 23.7 Å². The molecule has 0 saturated carbocycles. The van der Waals surface area contributed by atoms with Gasteiger partial charge in [0.15, 0.2) is 11.3 Å². The molecule has 148 valence electrons. The highest BCUT2D eigenvalue weighted by Crippen LogP contribution is 2.26. The first kappa shape index (κ1) is 21.6. The van der Waals surface area contributed by atoms with E-state index in [9.17, 15) is 18.0 Å². The molecule has 2 rings (SSSR count). The summed E-state index contributed by atoms with van der Waals surface area (Å²) >= 11 is 7.47. The Hall–Kier alpha value is -1.74. The molecule has 2 aromatic heterocycles. The van der Waals surface area contributed by atoms with E-state index in [1.807, 2.05) is 13.0 Å². The van der Waals surface area contributed by atoms with Crippen LogP contribution in [0.15, 0.2) is 30.7 Å². The van der Waals surface area contributed by atoms with Crippen LogP contribution in [0.5, 0.6) is 0 Å². The number of nitrogens with zero attached hydrogens (tertiary/aromatic N) is 4. The zero-order valence-electron chi connectivity index (χ0n) is 14.7. The Labute approximate surface area is 164 Å². The van der Waals surface area contributed by atoms with E-state index in [1.54, 1.807) is 29.3 Å². The summed E-state index contributed by atoms with van der Waals surface area (Å²) in [6, 6.07) is 3.58. The van der Waals surface area contributed by atoms with E-state index >= 15 is 0 Å². The second-order valence-corrected chi connectivity index (χ2v) is 7.18. The third kappa shape index (κ3) is 6.14. The molecule has 0 saturated heterocycles. The Morgan fingerprint density at radius 2 is 2.15 bits per heavy atom. The lowest BCUT2D eigenvalue weighted by Gasteiger charge is -2.19. The number of hydrogen-bond acceptors (Lipinski definition) is 4. The Balaban J connectivity index is 1.92. The lowest BCUT2D eigenvalue weighted by molar-refractivity contribution is -0.118. The molecular weight excluding hydrogens is 401 g/mol. The fourth-order valence-electron chi connectivity index (χ4n) is 2.35. The highest BCUT2D eigenvalue weighted by Gasteiger charge is 2.21. The van der Waals surface area contributed by atoms with Gasteiger partial charge in [0.1, 0.15) is 5.69 Å². The van der Waals surface area contributed by atoms with Gasteiger partial charge in [0.25, 0.3) is 6.43 Å². The first-order valence-corrected chi connectivity index (χ1v) is 9.93. The van der Waals surface area contributed by atoms with Crippen LogP contribution in [0.3, 0.4) is 0 Å². The zero-order chi connectivity index (χ0) is 19.8. The first-order chi connectivity index (χ1) is 12.9. The average Bonchev–Trinajstić information content (AvgIpc) is 3.04. The summed E-state index contributed by atoms with van der Waals surface area (Å²) in [6.07, 6.45) is -0.180. The Bertz CT molecular complexity index is 732. The van der Waals surface area contributed by atoms with Crippen molar-refractivity contribution in [3.63, 3.8) is 0 Å². The number of alkyl halides is 3. The summed E-state index contributed by atoms with van der Waals surface area (Å²) in [4.78, 5) is 18.0. The van der Waals surface area contributed by atoms with Crippen LogP contribution >= 0.6 is 23.4 Å². The van der Waals surface area contributed by atoms with Gasteiger partial charge in [0.2, 0.25) is 5.91 Å². The Kier molecular flexibility index (Phi) is 8.43. The van der Waals surface area contributed by atoms with Crippen molar-refractivity contribution in [3.05, 3.63) is 35.9 Å². The minimum absolute atomic E-state index is 0.164. The fraction of sp³-hybridized carbons (Fsp3) is 0.471. The number of rotatable bonds is 10. The van der Waals surface area contributed by atoms with Crippen LogP contribution in [0.1, 0.15) is 19.8 Å². The summed E-state index contributed by atoms with van der Waals surface area (Å²) in [5, 5.41) is 4.40.